The molecule has 0 N–H and O–H groups in total. The summed E-state index contributed by atoms with van der Waals surface area (Å²) >= 11 is 0. The number of nitrogens with zero attached hydrogens (tertiary/aromatic N) is 1. The van der Waals surface area contributed by atoms with Gasteiger partial charge in [0.1, 0.15) is 17.3 Å². The van der Waals surface area contributed by atoms with Crippen molar-refractivity contribution in [3.8, 4) is 5.75 Å². The number of alkyl halides is 3. The van der Waals surface area contributed by atoms with E-state index in [1.165, 1.54) is 12.1 Å². The van der Waals surface area contributed by atoms with Crippen LogP contribution < -0.4 is 4.18 Å². The van der Waals surface area contributed by atoms with Gasteiger partial charge in [-0.1, -0.05) is 55.5 Å². The molecule has 1 amide bonds. The first-order valence-electron chi connectivity index (χ1n) is 11.6. The van der Waals surface area contributed by atoms with Crippen LogP contribution in [0.3, 0.4) is 0 Å². The largest absolute Gasteiger partial charge is 0.416 e. The summed E-state index contributed by atoms with van der Waals surface area (Å²) in [7, 11) is -4.52. The maximum Gasteiger partial charge on any atom is 0.416 e. The van der Waals surface area contributed by atoms with Crippen LogP contribution in [0.1, 0.15) is 37.0 Å². The molecule has 0 spiro atoms. The predicted molar refractivity (Wildman–Crippen MR) is 132 cm³/mol. The lowest BCUT2D eigenvalue weighted by Gasteiger charge is -2.29. The van der Waals surface area contributed by atoms with Gasteiger partial charge < -0.3 is 13.8 Å². The fraction of sp³-hybridized carbons (Fsp3) is 0.296. The first-order chi connectivity index (χ1) is 17.5. The van der Waals surface area contributed by atoms with Crippen LogP contribution in [-0.4, -0.2) is 31.9 Å². The maximum absolute atomic E-state index is 13.0. The molecule has 0 bridgehead atoms. The second-order valence-corrected chi connectivity index (χ2v) is 10.0. The number of ether oxygens (including phenoxy) is 1. The molecule has 37 heavy (non-hydrogen) atoms. The van der Waals surface area contributed by atoms with Crippen LogP contribution in [0.15, 0.2) is 83.8 Å². The first-order valence-corrected chi connectivity index (χ1v) is 13.0. The topological polar surface area (TPSA) is 72.9 Å². The number of halogens is 3. The van der Waals surface area contributed by atoms with Gasteiger partial charge in [-0.25, -0.2) is 0 Å². The number of amides is 1. The van der Waals surface area contributed by atoms with Gasteiger partial charge in [0.05, 0.1) is 12.2 Å². The maximum atomic E-state index is 13.0. The molecular formula is C27H28F3NO5S. The minimum absolute atomic E-state index is 0.0770. The molecule has 1 atom stereocenters. The minimum Gasteiger partial charge on any atom is -0.379 e. The molecule has 0 aliphatic heterocycles. The number of carbonyl (C=O) groups is 1. The Morgan fingerprint density at radius 2 is 1.62 bits per heavy atom. The van der Waals surface area contributed by atoms with Crippen molar-refractivity contribution in [2.75, 3.05) is 6.61 Å². The zero-order valence-electron chi connectivity index (χ0n) is 20.4. The van der Waals surface area contributed by atoms with Crippen LogP contribution in [0.5, 0.6) is 5.75 Å². The number of rotatable bonds is 11. The van der Waals surface area contributed by atoms with Gasteiger partial charge in [0.2, 0.25) is 5.91 Å². The summed E-state index contributed by atoms with van der Waals surface area (Å²) in [6.45, 7) is 4.17. The molecule has 0 saturated carbocycles. The van der Waals surface area contributed by atoms with Crippen molar-refractivity contribution in [2.45, 2.75) is 50.5 Å². The molecule has 0 saturated heterocycles. The molecule has 0 aliphatic carbocycles. The number of benzene rings is 3. The molecule has 3 aromatic carbocycles. The highest BCUT2D eigenvalue weighted by molar-refractivity contribution is 7.87. The number of hydrogen-bond acceptors (Lipinski definition) is 5. The average molecular weight is 536 g/mol. The zero-order valence-corrected chi connectivity index (χ0v) is 21.3. The second-order valence-electron chi connectivity index (χ2n) is 8.47. The van der Waals surface area contributed by atoms with E-state index in [4.69, 9.17) is 8.92 Å². The Bertz CT molecular complexity index is 1300. The van der Waals surface area contributed by atoms with Crippen LogP contribution in [0.4, 0.5) is 13.2 Å². The molecule has 1 unspecified atom stereocenters. The van der Waals surface area contributed by atoms with Crippen molar-refractivity contribution >= 4 is 16.0 Å². The van der Waals surface area contributed by atoms with Crippen LogP contribution in [0.2, 0.25) is 0 Å². The summed E-state index contributed by atoms with van der Waals surface area (Å²) in [4.78, 5) is 14.0. The van der Waals surface area contributed by atoms with Gasteiger partial charge in [-0.2, -0.15) is 21.6 Å². The van der Waals surface area contributed by atoms with Crippen molar-refractivity contribution in [1.29, 1.82) is 0 Å². The molecule has 3 aromatic rings. The van der Waals surface area contributed by atoms with E-state index in [1.807, 2.05) is 44.2 Å². The highest BCUT2D eigenvalue weighted by Gasteiger charge is 2.32. The van der Waals surface area contributed by atoms with Crippen molar-refractivity contribution < 1.29 is 35.3 Å². The minimum atomic E-state index is -4.69. The third-order valence-corrected chi connectivity index (χ3v) is 6.93. The number of hydrogen-bond donors (Lipinski definition) is 0. The lowest BCUT2D eigenvalue weighted by Crippen LogP contribution is -2.40. The van der Waals surface area contributed by atoms with Gasteiger partial charge >= 0.3 is 16.3 Å². The van der Waals surface area contributed by atoms with Gasteiger partial charge in [-0.15, -0.1) is 0 Å². The number of carbonyl (C=O) groups excluding carboxylic acids is 1. The Balaban J connectivity index is 1.71. The van der Waals surface area contributed by atoms with E-state index >= 15 is 0 Å². The highest BCUT2D eigenvalue weighted by atomic mass is 32.2. The molecule has 10 heteroatoms. The van der Waals surface area contributed by atoms with Crippen LogP contribution >= 0.6 is 0 Å². The molecule has 3 rings (SSSR count). The van der Waals surface area contributed by atoms with Crippen LogP contribution in [0.25, 0.3) is 0 Å². The Labute approximate surface area is 214 Å². The van der Waals surface area contributed by atoms with Crippen LogP contribution in [0, 0.1) is 0 Å². The molecule has 0 aromatic heterocycles. The van der Waals surface area contributed by atoms with E-state index < -0.39 is 26.8 Å². The van der Waals surface area contributed by atoms with Crippen molar-refractivity contribution in [1.82, 2.24) is 4.90 Å². The molecule has 6 nitrogen and oxygen atoms in total. The summed E-state index contributed by atoms with van der Waals surface area (Å²) in [6.07, 6.45) is -4.01. The van der Waals surface area contributed by atoms with Crippen molar-refractivity contribution in [3.05, 3.63) is 95.6 Å². The molecular weight excluding hydrogens is 507 g/mol. The Kier molecular flexibility index (Phi) is 9.34. The summed E-state index contributed by atoms with van der Waals surface area (Å²) in [6, 6.07) is 18.8. The van der Waals surface area contributed by atoms with Gasteiger partial charge in [0.15, 0.2) is 0 Å². The molecule has 0 aliphatic rings. The monoisotopic (exact) mass is 535 g/mol. The van der Waals surface area contributed by atoms with E-state index in [2.05, 4.69) is 0 Å². The third-order valence-electron chi connectivity index (χ3n) is 5.69. The smallest absolute Gasteiger partial charge is 0.379 e. The average Bonchev–Trinajstić information content (AvgIpc) is 2.87. The van der Waals surface area contributed by atoms with E-state index in [9.17, 15) is 26.4 Å². The Morgan fingerprint density at radius 1 is 0.946 bits per heavy atom. The fourth-order valence-corrected chi connectivity index (χ4v) is 4.49. The third kappa shape index (κ3) is 8.06. The second kappa shape index (κ2) is 12.2. The standard InChI is InChI=1S/C27H28F3NO5S/c1-3-20(2)31(26(32)19-35-18-21-9-5-4-6-10-21)17-22-11-7-13-24(15-22)36-37(33,34)25-14-8-12-23(16-25)27(28,29)30/h4-16,20H,3,17-19H2,1-2H3. The van der Waals surface area contributed by atoms with Gasteiger partial charge in [-0.3, -0.25) is 4.79 Å². The normalized spacial score (nSPS) is 12.7. The summed E-state index contributed by atoms with van der Waals surface area (Å²) in [5.74, 6) is -0.306. The predicted octanol–water partition coefficient (Wildman–Crippen LogP) is 5.82. The highest BCUT2D eigenvalue weighted by Crippen LogP contribution is 2.31. The van der Waals surface area contributed by atoms with Gasteiger partial charge in [-0.05, 0) is 54.8 Å². The molecule has 0 fully saturated rings. The molecule has 198 valence electrons. The van der Waals surface area contributed by atoms with Gasteiger partial charge in [0.25, 0.3) is 0 Å². The lowest BCUT2D eigenvalue weighted by atomic mass is 10.1. The zero-order chi connectivity index (χ0) is 27.1. The Hall–Kier alpha value is -3.37. The van der Waals surface area contributed by atoms with Crippen molar-refractivity contribution in [3.63, 3.8) is 0 Å². The summed E-state index contributed by atoms with van der Waals surface area (Å²) in [5, 5.41) is 0. The van der Waals surface area contributed by atoms with Crippen molar-refractivity contribution in [2.24, 2.45) is 0 Å². The van der Waals surface area contributed by atoms with E-state index in [-0.39, 0.29) is 37.5 Å². The molecule has 0 radical (unpaired) electrons. The van der Waals surface area contributed by atoms with E-state index in [0.717, 1.165) is 23.8 Å². The van der Waals surface area contributed by atoms with E-state index in [0.29, 0.717) is 18.1 Å². The molecule has 0 heterocycles. The summed E-state index contributed by atoms with van der Waals surface area (Å²) < 4.78 is 75.0. The fourth-order valence-electron chi connectivity index (χ4n) is 3.52. The first kappa shape index (κ1) is 28.2. The Morgan fingerprint density at radius 3 is 2.30 bits per heavy atom. The van der Waals surface area contributed by atoms with Crippen LogP contribution in [-0.2, 0) is 39.0 Å². The SMILES string of the molecule is CCC(C)N(Cc1cccc(OS(=O)(=O)c2cccc(C(F)(F)F)c2)c1)C(=O)COCc1ccccc1. The quantitative estimate of drug-likeness (QED) is 0.290. The summed E-state index contributed by atoms with van der Waals surface area (Å²) in [5.41, 5.74) is 0.439. The lowest BCUT2D eigenvalue weighted by molar-refractivity contribution is -0.139. The van der Waals surface area contributed by atoms with E-state index in [1.54, 1.807) is 17.0 Å². The van der Waals surface area contributed by atoms with Gasteiger partial charge in [0, 0.05) is 12.6 Å².